The lowest BCUT2D eigenvalue weighted by molar-refractivity contribution is 0.597. The highest BCUT2D eigenvalue weighted by molar-refractivity contribution is 7.91. The second kappa shape index (κ2) is 6.20. The number of sulfone groups is 1. The molecule has 124 valence electrons. The first-order valence-electron chi connectivity index (χ1n) is 7.53. The molecule has 2 aromatic carbocycles. The molecule has 0 saturated carbocycles. The first kappa shape index (κ1) is 16.4. The van der Waals surface area contributed by atoms with Crippen LogP contribution in [0, 0.1) is 5.82 Å². The zero-order valence-electron chi connectivity index (χ0n) is 13.4. The minimum atomic E-state index is -3.46. The summed E-state index contributed by atoms with van der Waals surface area (Å²) in [6, 6.07) is 11.1. The van der Waals surface area contributed by atoms with Crippen LogP contribution in [0.2, 0.25) is 0 Å². The average Bonchev–Trinajstić information content (AvgIpc) is 3.01. The molecular formula is C18H17FN2O2S. The monoisotopic (exact) mass is 344 g/mol. The molecule has 1 heterocycles. The highest BCUT2D eigenvalue weighted by atomic mass is 32.2. The van der Waals surface area contributed by atoms with Gasteiger partial charge in [0.1, 0.15) is 11.6 Å². The van der Waals surface area contributed by atoms with Crippen molar-refractivity contribution < 1.29 is 12.8 Å². The number of hydrogen-bond acceptors (Lipinski definition) is 3. The Morgan fingerprint density at radius 1 is 1.12 bits per heavy atom. The minimum absolute atomic E-state index is 0.0370. The largest absolute Gasteiger partial charge is 0.334 e. The number of aryl methyl sites for hydroxylation is 1. The summed E-state index contributed by atoms with van der Waals surface area (Å²) in [7, 11) is -1.61. The molecule has 0 aliphatic heterocycles. The normalized spacial score (nSPS) is 11.6. The maximum atomic E-state index is 14.4. The predicted molar refractivity (Wildman–Crippen MR) is 91.8 cm³/mol. The summed E-state index contributed by atoms with van der Waals surface area (Å²) < 4.78 is 40.9. The van der Waals surface area contributed by atoms with Crippen LogP contribution in [0.1, 0.15) is 6.92 Å². The summed E-state index contributed by atoms with van der Waals surface area (Å²) in [6.07, 6.45) is 3.46. The molecule has 0 radical (unpaired) electrons. The van der Waals surface area contributed by atoms with Gasteiger partial charge in [0.05, 0.1) is 10.6 Å². The third kappa shape index (κ3) is 2.85. The lowest BCUT2D eigenvalue weighted by atomic mass is 10.0. The van der Waals surface area contributed by atoms with Gasteiger partial charge in [-0.15, -0.1) is 0 Å². The summed E-state index contributed by atoms with van der Waals surface area (Å²) in [6.45, 7) is 1.58. The van der Waals surface area contributed by atoms with Gasteiger partial charge in [-0.1, -0.05) is 25.1 Å². The van der Waals surface area contributed by atoms with Crippen molar-refractivity contribution in [3.8, 4) is 22.5 Å². The van der Waals surface area contributed by atoms with Crippen LogP contribution in [0.5, 0.6) is 0 Å². The van der Waals surface area contributed by atoms with Gasteiger partial charge >= 0.3 is 0 Å². The Labute approximate surface area is 140 Å². The number of nitrogens with zero attached hydrogens (tertiary/aromatic N) is 2. The fraction of sp³-hybridized carbons (Fsp3) is 0.167. The van der Waals surface area contributed by atoms with E-state index < -0.39 is 15.7 Å². The third-order valence-electron chi connectivity index (χ3n) is 3.94. The van der Waals surface area contributed by atoms with E-state index in [1.165, 1.54) is 12.1 Å². The van der Waals surface area contributed by atoms with Gasteiger partial charge in [-0.25, -0.2) is 17.8 Å². The first-order chi connectivity index (χ1) is 11.4. The fourth-order valence-electron chi connectivity index (χ4n) is 2.63. The smallest absolute Gasteiger partial charge is 0.178 e. The SMILES string of the molecule is CCS(=O)(=O)c1ccccc1-c1cc(-c2nccn2C)ccc1F. The third-order valence-corrected chi connectivity index (χ3v) is 5.72. The van der Waals surface area contributed by atoms with Crippen LogP contribution in [0.3, 0.4) is 0 Å². The molecule has 0 aliphatic carbocycles. The molecule has 24 heavy (non-hydrogen) atoms. The fourth-order valence-corrected chi connectivity index (χ4v) is 3.74. The van der Waals surface area contributed by atoms with Gasteiger partial charge < -0.3 is 4.57 Å². The van der Waals surface area contributed by atoms with E-state index >= 15 is 0 Å². The van der Waals surface area contributed by atoms with Crippen molar-refractivity contribution in [2.45, 2.75) is 11.8 Å². The van der Waals surface area contributed by atoms with Crippen molar-refractivity contribution in [3.05, 3.63) is 60.7 Å². The van der Waals surface area contributed by atoms with E-state index in [4.69, 9.17) is 0 Å². The molecule has 6 heteroatoms. The van der Waals surface area contributed by atoms with Crippen molar-refractivity contribution in [1.29, 1.82) is 0 Å². The number of rotatable bonds is 4. The van der Waals surface area contributed by atoms with E-state index in [0.29, 0.717) is 11.4 Å². The van der Waals surface area contributed by atoms with E-state index in [2.05, 4.69) is 4.98 Å². The maximum Gasteiger partial charge on any atom is 0.178 e. The van der Waals surface area contributed by atoms with Gasteiger partial charge in [0.15, 0.2) is 9.84 Å². The van der Waals surface area contributed by atoms with E-state index in [1.54, 1.807) is 49.6 Å². The average molecular weight is 344 g/mol. The molecule has 0 aliphatic rings. The maximum absolute atomic E-state index is 14.4. The number of benzene rings is 2. The van der Waals surface area contributed by atoms with E-state index in [0.717, 1.165) is 5.56 Å². The summed E-state index contributed by atoms with van der Waals surface area (Å²) in [5.74, 6) is 0.184. The highest BCUT2D eigenvalue weighted by Gasteiger charge is 2.20. The Balaban J connectivity index is 2.23. The molecular weight excluding hydrogens is 327 g/mol. The van der Waals surface area contributed by atoms with E-state index in [9.17, 15) is 12.8 Å². The molecule has 0 fully saturated rings. The zero-order valence-corrected chi connectivity index (χ0v) is 14.2. The molecule has 0 bridgehead atoms. The molecule has 0 atom stereocenters. The van der Waals surface area contributed by atoms with Crippen molar-refractivity contribution in [2.75, 3.05) is 5.75 Å². The second-order valence-corrected chi connectivity index (χ2v) is 7.70. The molecule has 0 spiro atoms. The number of imidazole rings is 1. The van der Waals surface area contributed by atoms with Gasteiger partial charge in [-0.3, -0.25) is 0 Å². The van der Waals surface area contributed by atoms with Gasteiger partial charge in [-0.05, 0) is 24.3 Å². The second-order valence-electron chi connectivity index (χ2n) is 5.46. The molecule has 0 saturated heterocycles. The standard InChI is InChI=1S/C18H17FN2O2S/c1-3-24(22,23)17-7-5-4-6-14(17)15-12-13(8-9-16(15)19)18-20-10-11-21(18)2/h4-12H,3H2,1-2H3. The molecule has 0 unspecified atom stereocenters. The lowest BCUT2D eigenvalue weighted by Crippen LogP contribution is -2.06. The molecule has 0 N–H and O–H groups in total. The molecule has 3 aromatic rings. The van der Waals surface area contributed by atoms with Crippen molar-refractivity contribution in [1.82, 2.24) is 9.55 Å². The Kier molecular flexibility index (Phi) is 4.24. The van der Waals surface area contributed by atoms with Crippen molar-refractivity contribution in [2.24, 2.45) is 7.05 Å². The first-order valence-corrected chi connectivity index (χ1v) is 9.18. The van der Waals surface area contributed by atoms with Crippen LogP contribution in [0.15, 0.2) is 59.8 Å². The summed E-state index contributed by atoms with van der Waals surface area (Å²) >= 11 is 0. The molecule has 4 nitrogen and oxygen atoms in total. The number of halogens is 1. The summed E-state index contributed by atoms with van der Waals surface area (Å²) in [4.78, 5) is 4.40. The summed E-state index contributed by atoms with van der Waals surface area (Å²) in [5.41, 5.74) is 1.35. The van der Waals surface area contributed by atoms with E-state index in [-0.39, 0.29) is 16.2 Å². The van der Waals surface area contributed by atoms with Crippen molar-refractivity contribution in [3.63, 3.8) is 0 Å². The van der Waals surface area contributed by atoms with E-state index in [1.807, 2.05) is 11.6 Å². The van der Waals surface area contributed by atoms with Gasteiger partial charge in [0.25, 0.3) is 0 Å². The Morgan fingerprint density at radius 2 is 1.88 bits per heavy atom. The van der Waals surface area contributed by atoms with Crippen molar-refractivity contribution >= 4 is 9.84 Å². The quantitative estimate of drug-likeness (QED) is 0.725. The molecule has 1 aromatic heterocycles. The Bertz CT molecular complexity index is 994. The Hall–Kier alpha value is -2.47. The van der Waals surface area contributed by atoms with Gasteiger partial charge in [0, 0.05) is 36.1 Å². The van der Waals surface area contributed by atoms with Crippen LogP contribution in [-0.4, -0.2) is 23.7 Å². The van der Waals surface area contributed by atoms with Crippen LogP contribution >= 0.6 is 0 Å². The topological polar surface area (TPSA) is 52.0 Å². The highest BCUT2D eigenvalue weighted by Crippen LogP contribution is 2.32. The lowest BCUT2D eigenvalue weighted by Gasteiger charge is -2.12. The molecule has 0 amide bonds. The summed E-state index contributed by atoms with van der Waals surface area (Å²) in [5, 5.41) is 0. The van der Waals surface area contributed by atoms with Gasteiger partial charge in [0.2, 0.25) is 0 Å². The van der Waals surface area contributed by atoms with Gasteiger partial charge in [-0.2, -0.15) is 0 Å². The van der Waals surface area contributed by atoms with Crippen LogP contribution in [-0.2, 0) is 16.9 Å². The van der Waals surface area contributed by atoms with Crippen LogP contribution < -0.4 is 0 Å². The number of hydrogen-bond donors (Lipinski definition) is 0. The zero-order chi connectivity index (χ0) is 17.3. The van der Waals surface area contributed by atoms with Crippen LogP contribution in [0.25, 0.3) is 22.5 Å². The van der Waals surface area contributed by atoms with Crippen LogP contribution in [0.4, 0.5) is 4.39 Å². The molecule has 3 rings (SSSR count). The Morgan fingerprint density at radius 3 is 2.54 bits per heavy atom. The predicted octanol–water partition coefficient (Wildman–Crippen LogP) is 3.69. The minimum Gasteiger partial charge on any atom is -0.334 e. The number of aromatic nitrogens is 2.